The van der Waals surface area contributed by atoms with E-state index in [-0.39, 0.29) is 11.3 Å². The molecule has 0 fully saturated rings. The van der Waals surface area contributed by atoms with Gasteiger partial charge >= 0.3 is 0 Å². The number of hydrazone groups is 1. The molecule has 1 amide bonds. The van der Waals surface area contributed by atoms with E-state index < -0.39 is 11.5 Å². The number of amides is 1. The summed E-state index contributed by atoms with van der Waals surface area (Å²) < 4.78 is 1.65. The van der Waals surface area contributed by atoms with Crippen molar-refractivity contribution in [3.05, 3.63) is 70.3 Å². The Morgan fingerprint density at radius 3 is 2.63 bits per heavy atom. The molecule has 0 aliphatic rings. The van der Waals surface area contributed by atoms with E-state index in [4.69, 9.17) is 5.73 Å². The van der Waals surface area contributed by atoms with Gasteiger partial charge < -0.3 is 10.3 Å². The molecule has 0 atom stereocenters. The molecule has 7 heteroatoms. The second-order valence-corrected chi connectivity index (χ2v) is 7.16. The number of nitrogen functional groups attached to an aromatic ring is 1. The Morgan fingerprint density at radius 2 is 1.87 bits per heavy atom. The van der Waals surface area contributed by atoms with Gasteiger partial charge in [0.2, 0.25) is 0 Å². The number of hydrogen-bond acceptors (Lipinski definition) is 5. The first kappa shape index (κ1) is 21.2. The number of benzene rings is 1. The number of fused-ring (bicyclic) bond motifs is 1. The highest BCUT2D eigenvalue weighted by atomic mass is 16.2. The number of rotatable bonds is 9. The zero-order chi connectivity index (χ0) is 21.3. The highest BCUT2D eigenvalue weighted by molar-refractivity contribution is 6.06. The van der Waals surface area contributed by atoms with Crippen LogP contribution >= 0.6 is 0 Å². The van der Waals surface area contributed by atoms with Crippen LogP contribution in [0.3, 0.4) is 0 Å². The van der Waals surface area contributed by atoms with Crippen LogP contribution in [0.15, 0.2) is 58.7 Å². The van der Waals surface area contributed by atoms with Crippen LogP contribution < -0.4 is 16.7 Å². The highest BCUT2D eigenvalue weighted by Gasteiger charge is 2.20. The monoisotopic (exact) mass is 405 g/mol. The van der Waals surface area contributed by atoms with Crippen molar-refractivity contribution in [2.45, 2.75) is 45.6 Å². The van der Waals surface area contributed by atoms with E-state index in [0.29, 0.717) is 11.9 Å². The molecule has 2 aromatic heterocycles. The molecule has 156 valence electrons. The maximum Gasteiger partial charge on any atom is 0.279 e. The van der Waals surface area contributed by atoms with Crippen molar-refractivity contribution >= 4 is 28.7 Å². The van der Waals surface area contributed by atoms with Crippen LogP contribution in [0.1, 0.15) is 54.9 Å². The third kappa shape index (κ3) is 4.92. The minimum Gasteiger partial charge on any atom is -0.397 e. The van der Waals surface area contributed by atoms with E-state index in [2.05, 4.69) is 22.4 Å². The summed E-state index contributed by atoms with van der Waals surface area (Å²) in [5.74, 6) is -0.617. The largest absolute Gasteiger partial charge is 0.397 e. The summed E-state index contributed by atoms with van der Waals surface area (Å²) in [5.41, 5.74) is 9.89. The van der Waals surface area contributed by atoms with E-state index in [0.717, 1.165) is 36.8 Å². The van der Waals surface area contributed by atoms with Crippen LogP contribution in [0, 0.1) is 0 Å². The molecule has 3 rings (SSSR count). The first-order chi connectivity index (χ1) is 14.6. The summed E-state index contributed by atoms with van der Waals surface area (Å²) in [6.45, 7) is 2.71. The second-order valence-electron chi connectivity index (χ2n) is 7.16. The molecule has 0 aliphatic carbocycles. The third-order valence-corrected chi connectivity index (χ3v) is 5.01. The fourth-order valence-corrected chi connectivity index (χ4v) is 3.42. The van der Waals surface area contributed by atoms with E-state index in [1.165, 1.54) is 12.6 Å². The van der Waals surface area contributed by atoms with Crippen LogP contribution in [-0.4, -0.2) is 21.7 Å². The van der Waals surface area contributed by atoms with Crippen LogP contribution in [-0.2, 0) is 6.54 Å². The second kappa shape index (κ2) is 10.3. The van der Waals surface area contributed by atoms with Crippen LogP contribution in [0.5, 0.6) is 0 Å². The SMILES string of the molecule is CCCCCCCn1c(=O)c(C(=O)NN=Cc2ccncc2)c(N)c2ccccc21. The van der Waals surface area contributed by atoms with Gasteiger partial charge in [0.25, 0.3) is 11.5 Å². The van der Waals surface area contributed by atoms with Gasteiger partial charge in [0.1, 0.15) is 5.56 Å². The predicted octanol–water partition coefficient (Wildman–Crippen LogP) is 3.71. The van der Waals surface area contributed by atoms with Gasteiger partial charge in [-0.1, -0.05) is 50.8 Å². The van der Waals surface area contributed by atoms with Crippen molar-refractivity contribution in [2.75, 3.05) is 5.73 Å². The Kier molecular flexibility index (Phi) is 7.32. The third-order valence-electron chi connectivity index (χ3n) is 5.01. The summed E-state index contributed by atoms with van der Waals surface area (Å²) >= 11 is 0. The lowest BCUT2D eigenvalue weighted by Gasteiger charge is -2.15. The summed E-state index contributed by atoms with van der Waals surface area (Å²) in [6, 6.07) is 10.9. The number of anilines is 1. The predicted molar refractivity (Wildman–Crippen MR) is 121 cm³/mol. The molecule has 0 spiro atoms. The van der Waals surface area contributed by atoms with Gasteiger partial charge in [-0.05, 0) is 30.2 Å². The van der Waals surface area contributed by atoms with Crippen LogP contribution in [0.4, 0.5) is 5.69 Å². The lowest BCUT2D eigenvalue weighted by atomic mass is 10.1. The summed E-state index contributed by atoms with van der Waals surface area (Å²) in [5, 5.41) is 4.64. The van der Waals surface area contributed by atoms with E-state index >= 15 is 0 Å². The van der Waals surface area contributed by atoms with Crippen molar-refractivity contribution in [3.63, 3.8) is 0 Å². The molecule has 3 aromatic rings. The van der Waals surface area contributed by atoms with Gasteiger partial charge in [-0.2, -0.15) is 5.10 Å². The van der Waals surface area contributed by atoms with Crippen molar-refractivity contribution in [2.24, 2.45) is 5.10 Å². The summed E-state index contributed by atoms with van der Waals surface area (Å²) in [6.07, 6.45) is 10.1. The number of para-hydroxylation sites is 1. The Hall–Kier alpha value is -3.48. The number of carbonyl (C=O) groups is 1. The molecule has 0 saturated carbocycles. The molecular weight excluding hydrogens is 378 g/mol. The molecule has 0 saturated heterocycles. The molecule has 0 radical (unpaired) electrons. The first-order valence-corrected chi connectivity index (χ1v) is 10.3. The highest BCUT2D eigenvalue weighted by Crippen LogP contribution is 2.23. The molecule has 0 aliphatic heterocycles. The zero-order valence-electron chi connectivity index (χ0n) is 17.2. The number of nitrogens with zero attached hydrogens (tertiary/aromatic N) is 3. The number of carbonyl (C=O) groups excluding carboxylic acids is 1. The molecule has 0 unspecified atom stereocenters. The van der Waals surface area contributed by atoms with Crippen LogP contribution in [0.2, 0.25) is 0 Å². The fraction of sp³-hybridized carbons (Fsp3) is 0.304. The van der Waals surface area contributed by atoms with Crippen LogP contribution in [0.25, 0.3) is 10.9 Å². The van der Waals surface area contributed by atoms with Crippen molar-refractivity contribution in [1.82, 2.24) is 15.0 Å². The normalized spacial score (nSPS) is 11.2. The Balaban J connectivity index is 1.88. The lowest BCUT2D eigenvalue weighted by molar-refractivity contribution is 0.0954. The van der Waals surface area contributed by atoms with E-state index in [1.54, 1.807) is 29.1 Å². The van der Waals surface area contributed by atoms with Crippen molar-refractivity contribution < 1.29 is 4.79 Å². The molecule has 0 bridgehead atoms. The number of unbranched alkanes of at least 4 members (excludes halogenated alkanes) is 4. The van der Waals surface area contributed by atoms with Gasteiger partial charge in [0, 0.05) is 24.3 Å². The fourth-order valence-electron chi connectivity index (χ4n) is 3.42. The Labute approximate surface area is 175 Å². The van der Waals surface area contributed by atoms with Gasteiger partial charge in [0.15, 0.2) is 0 Å². The molecule has 3 N–H and O–H groups in total. The number of pyridine rings is 2. The molecule has 2 heterocycles. The van der Waals surface area contributed by atoms with Crippen molar-refractivity contribution in [1.29, 1.82) is 0 Å². The minimum absolute atomic E-state index is 0.0749. The Morgan fingerprint density at radius 1 is 1.13 bits per heavy atom. The van der Waals surface area contributed by atoms with E-state index in [1.807, 2.05) is 24.3 Å². The standard InChI is InChI=1S/C23H27N5O2/c1-2-3-4-5-8-15-28-19-10-7-6-9-18(19)21(24)20(23(28)30)22(29)27-26-16-17-11-13-25-14-12-17/h6-7,9-14,16H,2-5,8,15,24H2,1H3,(H,27,29). The van der Waals surface area contributed by atoms with Gasteiger partial charge in [-0.25, -0.2) is 5.43 Å². The average molecular weight is 406 g/mol. The topological polar surface area (TPSA) is 102 Å². The lowest BCUT2D eigenvalue weighted by Crippen LogP contribution is -2.33. The molecule has 1 aromatic carbocycles. The van der Waals surface area contributed by atoms with Gasteiger partial charge in [-0.3, -0.25) is 14.6 Å². The number of nitrogens with two attached hydrogens (primary N) is 1. The molecule has 7 nitrogen and oxygen atoms in total. The maximum absolute atomic E-state index is 13.2. The number of aryl methyl sites for hydroxylation is 1. The Bertz CT molecular complexity index is 1090. The molecule has 30 heavy (non-hydrogen) atoms. The summed E-state index contributed by atoms with van der Waals surface area (Å²) in [4.78, 5) is 29.8. The number of aromatic nitrogens is 2. The smallest absolute Gasteiger partial charge is 0.279 e. The van der Waals surface area contributed by atoms with Gasteiger partial charge in [0.05, 0.1) is 17.4 Å². The average Bonchev–Trinajstić information content (AvgIpc) is 2.76. The van der Waals surface area contributed by atoms with Gasteiger partial charge in [-0.15, -0.1) is 0 Å². The number of hydrogen-bond donors (Lipinski definition) is 2. The first-order valence-electron chi connectivity index (χ1n) is 10.3. The quantitative estimate of drug-likeness (QED) is 0.322. The molecular formula is C23H27N5O2. The van der Waals surface area contributed by atoms with E-state index in [9.17, 15) is 9.59 Å². The summed E-state index contributed by atoms with van der Waals surface area (Å²) in [7, 11) is 0. The van der Waals surface area contributed by atoms with Crippen molar-refractivity contribution in [3.8, 4) is 0 Å². The zero-order valence-corrected chi connectivity index (χ0v) is 17.2. The minimum atomic E-state index is -0.617. The maximum atomic E-state index is 13.2. The number of nitrogens with one attached hydrogen (secondary N) is 1.